The zero-order valence-electron chi connectivity index (χ0n) is 10.9. The quantitative estimate of drug-likeness (QED) is 0.765. The lowest BCUT2D eigenvalue weighted by molar-refractivity contribution is -0.130. The summed E-state index contributed by atoms with van der Waals surface area (Å²) in [7, 11) is 1.52. The van der Waals surface area contributed by atoms with Gasteiger partial charge in [-0.05, 0) is 40.8 Å². The normalized spacial score (nSPS) is 18.8. The van der Waals surface area contributed by atoms with E-state index in [1.165, 1.54) is 30.1 Å². The van der Waals surface area contributed by atoms with Gasteiger partial charge in [-0.25, -0.2) is 4.39 Å². The molecular weight excluding hydrogens is 378 g/mol. The highest BCUT2D eigenvalue weighted by atomic mass is 127. The minimum atomic E-state index is -0.651. The molecule has 1 fully saturated rings. The van der Waals surface area contributed by atoms with Crippen molar-refractivity contribution in [2.45, 2.75) is 6.04 Å². The van der Waals surface area contributed by atoms with Crippen molar-refractivity contribution in [2.24, 2.45) is 0 Å². The predicted molar refractivity (Wildman–Crippen MR) is 78.8 cm³/mol. The maximum Gasteiger partial charge on any atom is 0.255 e. The van der Waals surface area contributed by atoms with Crippen LogP contribution < -0.4 is 5.32 Å². The van der Waals surface area contributed by atoms with E-state index >= 15 is 0 Å². The highest BCUT2D eigenvalue weighted by Crippen LogP contribution is 2.19. The van der Waals surface area contributed by atoms with Crippen LogP contribution in [0, 0.1) is 9.39 Å². The molecule has 2 amide bonds. The lowest BCUT2D eigenvalue weighted by atomic mass is 10.1. The number of rotatable bonds is 2. The number of nitrogens with zero attached hydrogens (tertiary/aromatic N) is 1. The maximum atomic E-state index is 13.1. The molecule has 1 N–H and O–H groups in total. The van der Waals surface area contributed by atoms with E-state index in [-0.39, 0.29) is 18.4 Å². The number of hydrogen-bond donors (Lipinski definition) is 1. The van der Waals surface area contributed by atoms with E-state index in [1.807, 2.05) is 22.6 Å². The number of morpholine rings is 1. The fourth-order valence-electron chi connectivity index (χ4n) is 2.05. The van der Waals surface area contributed by atoms with Gasteiger partial charge in [0.2, 0.25) is 5.91 Å². The van der Waals surface area contributed by atoms with Gasteiger partial charge in [-0.1, -0.05) is 0 Å². The summed E-state index contributed by atoms with van der Waals surface area (Å²) >= 11 is 1.91. The number of carbonyl (C=O) groups excluding carboxylic acids is 2. The fourth-order valence-corrected chi connectivity index (χ4v) is 2.76. The first-order chi connectivity index (χ1) is 9.54. The second kappa shape index (κ2) is 6.49. The Morgan fingerprint density at radius 3 is 2.90 bits per heavy atom. The molecule has 1 heterocycles. The van der Waals surface area contributed by atoms with Crippen molar-refractivity contribution in [1.29, 1.82) is 0 Å². The Morgan fingerprint density at radius 1 is 1.50 bits per heavy atom. The molecule has 1 unspecified atom stereocenters. The van der Waals surface area contributed by atoms with Gasteiger partial charge in [0.25, 0.3) is 5.91 Å². The van der Waals surface area contributed by atoms with E-state index in [1.54, 1.807) is 0 Å². The third kappa shape index (κ3) is 3.09. The van der Waals surface area contributed by atoms with Crippen molar-refractivity contribution >= 4 is 34.4 Å². The molecule has 0 aliphatic carbocycles. The first kappa shape index (κ1) is 15.2. The van der Waals surface area contributed by atoms with Gasteiger partial charge in [0.05, 0.1) is 18.8 Å². The van der Waals surface area contributed by atoms with E-state index in [9.17, 15) is 14.0 Å². The number of benzene rings is 1. The number of carbonyl (C=O) groups is 2. The van der Waals surface area contributed by atoms with E-state index in [4.69, 9.17) is 4.74 Å². The predicted octanol–water partition coefficient (Wildman–Crippen LogP) is 1.02. The lowest BCUT2D eigenvalue weighted by Crippen LogP contribution is -2.55. The Kier molecular flexibility index (Phi) is 4.92. The van der Waals surface area contributed by atoms with Crippen LogP contribution in [0.1, 0.15) is 10.4 Å². The summed E-state index contributed by atoms with van der Waals surface area (Å²) in [5.74, 6) is -0.947. The standard InChI is InChI=1S/C13H14FIN2O3/c1-16-12(18)11-7-20-5-4-17(11)13(19)9-3-2-8(14)6-10(9)15/h2-3,6,11H,4-5,7H2,1H3,(H,16,18). The van der Waals surface area contributed by atoms with Crippen LogP contribution in [0.4, 0.5) is 4.39 Å². The molecule has 0 saturated carbocycles. The van der Waals surface area contributed by atoms with Crippen molar-refractivity contribution in [2.75, 3.05) is 26.8 Å². The third-order valence-corrected chi connectivity index (χ3v) is 3.99. The molecule has 2 rings (SSSR count). The van der Waals surface area contributed by atoms with Crippen LogP contribution in [0.25, 0.3) is 0 Å². The average Bonchev–Trinajstić information content (AvgIpc) is 2.46. The summed E-state index contributed by atoms with van der Waals surface area (Å²) in [5.41, 5.74) is 0.391. The molecule has 1 saturated heterocycles. The fraction of sp³-hybridized carbons (Fsp3) is 0.385. The topological polar surface area (TPSA) is 58.6 Å². The van der Waals surface area contributed by atoms with Crippen LogP contribution in [0.15, 0.2) is 18.2 Å². The van der Waals surface area contributed by atoms with Gasteiger partial charge in [-0.3, -0.25) is 9.59 Å². The number of halogens is 2. The van der Waals surface area contributed by atoms with Gasteiger partial charge < -0.3 is 15.0 Å². The van der Waals surface area contributed by atoms with Crippen molar-refractivity contribution in [3.63, 3.8) is 0 Å². The number of hydrogen-bond acceptors (Lipinski definition) is 3. The van der Waals surface area contributed by atoms with Crippen molar-refractivity contribution < 1.29 is 18.7 Å². The minimum Gasteiger partial charge on any atom is -0.377 e. The second-order valence-electron chi connectivity index (χ2n) is 4.33. The Labute approximate surface area is 129 Å². The summed E-state index contributed by atoms with van der Waals surface area (Å²) in [6, 6.07) is 3.33. The molecule has 1 aliphatic heterocycles. The summed E-state index contributed by atoms with van der Waals surface area (Å²) in [6.45, 7) is 0.893. The van der Waals surface area contributed by atoms with Crippen LogP contribution in [0.3, 0.4) is 0 Å². The van der Waals surface area contributed by atoms with E-state index in [2.05, 4.69) is 5.32 Å². The summed E-state index contributed by atoms with van der Waals surface area (Å²) in [6.07, 6.45) is 0. The first-order valence-electron chi connectivity index (χ1n) is 6.10. The highest BCUT2D eigenvalue weighted by molar-refractivity contribution is 14.1. The van der Waals surface area contributed by atoms with Crippen LogP contribution in [0.2, 0.25) is 0 Å². The Morgan fingerprint density at radius 2 is 2.25 bits per heavy atom. The largest absolute Gasteiger partial charge is 0.377 e. The molecule has 5 nitrogen and oxygen atoms in total. The zero-order chi connectivity index (χ0) is 14.7. The van der Waals surface area contributed by atoms with Gasteiger partial charge in [0.1, 0.15) is 11.9 Å². The molecule has 108 valence electrons. The second-order valence-corrected chi connectivity index (χ2v) is 5.49. The first-order valence-corrected chi connectivity index (χ1v) is 7.18. The van der Waals surface area contributed by atoms with Crippen molar-refractivity contribution in [3.8, 4) is 0 Å². The Balaban J connectivity index is 2.27. The van der Waals surface area contributed by atoms with Gasteiger partial charge in [0, 0.05) is 17.2 Å². The molecule has 1 aliphatic rings. The molecule has 1 aromatic carbocycles. The van der Waals surface area contributed by atoms with Crippen LogP contribution in [0.5, 0.6) is 0 Å². The maximum absolute atomic E-state index is 13.1. The number of likely N-dealkylation sites (N-methyl/N-ethyl adjacent to an activating group) is 1. The Hall–Kier alpha value is -1.22. The monoisotopic (exact) mass is 392 g/mol. The number of ether oxygens (including phenoxy) is 1. The lowest BCUT2D eigenvalue weighted by Gasteiger charge is -2.34. The number of nitrogens with one attached hydrogen (secondary N) is 1. The van der Waals surface area contributed by atoms with E-state index in [0.717, 1.165) is 0 Å². The summed E-state index contributed by atoms with van der Waals surface area (Å²) < 4.78 is 18.9. The molecule has 20 heavy (non-hydrogen) atoms. The third-order valence-electron chi connectivity index (χ3n) is 3.10. The molecule has 0 spiro atoms. The zero-order valence-corrected chi connectivity index (χ0v) is 13.0. The smallest absolute Gasteiger partial charge is 0.255 e. The highest BCUT2D eigenvalue weighted by Gasteiger charge is 2.33. The van der Waals surface area contributed by atoms with Crippen LogP contribution >= 0.6 is 22.6 Å². The van der Waals surface area contributed by atoms with Gasteiger partial charge >= 0.3 is 0 Å². The summed E-state index contributed by atoms with van der Waals surface area (Å²) in [5, 5.41) is 2.52. The van der Waals surface area contributed by atoms with Gasteiger partial charge in [-0.15, -0.1) is 0 Å². The number of amides is 2. The molecule has 1 aromatic rings. The molecule has 1 atom stereocenters. The van der Waals surface area contributed by atoms with Crippen molar-refractivity contribution in [1.82, 2.24) is 10.2 Å². The minimum absolute atomic E-state index is 0.170. The van der Waals surface area contributed by atoms with Crippen LogP contribution in [-0.2, 0) is 9.53 Å². The van der Waals surface area contributed by atoms with Gasteiger partial charge in [-0.2, -0.15) is 0 Å². The average molecular weight is 392 g/mol. The van der Waals surface area contributed by atoms with E-state index < -0.39 is 11.9 Å². The van der Waals surface area contributed by atoms with E-state index in [0.29, 0.717) is 22.3 Å². The SMILES string of the molecule is CNC(=O)C1COCCN1C(=O)c1ccc(F)cc1I. The molecule has 0 aromatic heterocycles. The van der Waals surface area contributed by atoms with Crippen molar-refractivity contribution in [3.05, 3.63) is 33.1 Å². The Bertz CT molecular complexity index is 538. The molecule has 0 bridgehead atoms. The van der Waals surface area contributed by atoms with Crippen LogP contribution in [-0.4, -0.2) is 49.6 Å². The molecule has 7 heteroatoms. The molecule has 0 radical (unpaired) electrons. The van der Waals surface area contributed by atoms with Gasteiger partial charge in [0.15, 0.2) is 0 Å². The molecular formula is C13H14FIN2O3. The summed E-state index contributed by atoms with van der Waals surface area (Å²) in [4.78, 5) is 25.8.